The zero-order valence-corrected chi connectivity index (χ0v) is 18.0. The molecule has 0 atom stereocenters. The summed E-state index contributed by atoms with van der Waals surface area (Å²) in [5.74, 6) is -14.5. The van der Waals surface area contributed by atoms with Crippen molar-refractivity contribution in [3.05, 3.63) is 52.8 Å². The topological polar surface area (TPSA) is 55.2 Å². The van der Waals surface area contributed by atoms with Crippen LogP contribution in [0.2, 0.25) is 5.02 Å². The standard InChI is InChI=1S/C19H13ClF7N3O2S/c1-17(22,23)11-6-5-10(7-13(11)21)33(31,32)30-14-4-2-3-12(20)15(14)16(28-30)29-8-18(24,25)19(26,27)9-29/h2-7H,8-9H2,1H3. The number of hydrogen-bond acceptors (Lipinski definition) is 4. The van der Waals surface area contributed by atoms with Crippen molar-refractivity contribution in [2.45, 2.75) is 29.6 Å². The summed E-state index contributed by atoms with van der Waals surface area (Å²) in [7, 11) is -4.77. The van der Waals surface area contributed by atoms with Gasteiger partial charge in [-0.1, -0.05) is 17.7 Å². The fourth-order valence-corrected chi connectivity index (χ4v) is 5.06. The minimum Gasteiger partial charge on any atom is -0.342 e. The Kier molecular flexibility index (Phi) is 5.17. The van der Waals surface area contributed by atoms with Crippen LogP contribution in [0.3, 0.4) is 0 Å². The van der Waals surface area contributed by atoms with Crippen molar-refractivity contribution in [3.8, 4) is 0 Å². The van der Waals surface area contributed by atoms with Gasteiger partial charge in [0.1, 0.15) is 5.82 Å². The van der Waals surface area contributed by atoms with E-state index < -0.39 is 63.0 Å². The van der Waals surface area contributed by atoms with Crippen LogP contribution in [0.15, 0.2) is 41.3 Å². The SMILES string of the molecule is CC(F)(F)c1ccc(S(=O)(=O)n2nc(N3CC(F)(F)C(F)(F)C3)c3c(Cl)cccc32)cc1F. The van der Waals surface area contributed by atoms with Crippen molar-refractivity contribution in [3.63, 3.8) is 0 Å². The lowest BCUT2D eigenvalue weighted by molar-refractivity contribution is -0.172. The van der Waals surface area contributed by atoms with E-state index in [4.69, 9.17) is 11.6 Å². The highest BCUT2D eigenvalue weighted by molar-refractivity contribution is 7.90. The number of nitrogens with zero attached hydrogens (tertiary/aromatic N) is 3. The molecule has 5 nitrogen and oxygen atoms in total. The Morgan fingerprint density at radius 3 is 2.21 bits per heavy atom. The Labute approximate surface area is 187 Å². The van der Waals surface area contributed by atoms with Gasteiger partial charge in [-0.2, -0.15) is 30.1 Å². The van der Waals surface area contributed by atoms with Crippen LogP contribution in [-0.4, -0.2) is 42.5 Å². The molecular formula is C19H13ClF7N3O2S. The predicted molar refractivity (Wildman–Crippen MR) is 105 cm³/mol. The molecule has 1 saturated heterocycles. The quantitative estimate of drug-likeness (QED) is 0.444. The number of rotatable bonds is 4. The predicted octanol–water partition coefficient (Wildman–Crippen LogP) is 5.27. The van der Waals surface area contributed by atoms with Crippen LogP contribution in [0.5, 0.6) is 0 Å². The number of aromatic nitrogens is 2. The first-order valence-electron chi connectivity index (χ1n) is 9.17. The van der Waals surface area contributed by atoms with Gasteiger partial charge in [0.05, 0.1) is 39.5 Å². The monoisotopic (exact) mass is 515 g/mol. The minimum atomic E-state index is -4.77. The second-order valence-electron chi connectivity index (χ2n) is 7.60. The summed E-state index contributed by atoms with van der Waals surface area (Å²) in [6.45, 7) is -2.48. The zero-order chi connectivity index (χ0) is 24.6. The number of fused-ring (bicyclic) bond motifs is 1. The largest absolute Gasteiger partial charge is 0.342 e. The summed E-state index contributed by atoms with van der Waals surface area (Å²) in [5, 5.41) is 3.39. The van der Waals surface area contributed by atoms with Crippen LogP contribution in [0.4, 0.5) is 36.6 Å². The van der Waals surface area contributed by atoms with E-state index in [1.165, 1.54) is 18.2 Å². The molecule has 4 rings (SSSR count). The van der Waals surface area contributed by atoms with Gasteiger partial charge in [0.15, 0.2) is 5.82 Å². The molecule has 14 heteroatoms. The molecule has 178 valence electrons. The molecule has 1 aliphatic heterocycles. The molecule has 0 aliphatic carbocycles. The van der Waals surface area contributed by atoms with Crippen LogP contribution in [-0.2, 0) is 15.9 Å². The summed E-state index contributed by atoms with van der Waals surface area (Å²) >= 11 is 6.10. The summed E-state index contributed by atoms with van der Waals surface area (Å²) in [6, 6.07) is 5.43. The average Bonchev–Trinajstić information content (AvgIpc) is 3.16. The van der Waals surface area contributed by atoms with E-state index in [-0.39, 0.29) is 15.9 Å². The minimum absolute atomic E-state index is 0.158. The van der Waals surface area contributed by atoms with Crippen molar-refractivity contribution < 1.29 is 39.2 Å². The molecule has 0 bridgehead atoms. The van der Waals surface area contributed by atoms with Gasteiger partial charge < -0.3 is 4.90 Å². The van der Waals surface area contributed by atoms with E-state index in [2.05, 4.69) is 5.10 Å². The molecular weight excluding hydrogens is 503 g/mol. The molecule has 0 N–H and O–H groups in total. The van der Waals surface area contributed by atoms with E-state index in [1.54, 1.807) is 0 Å². The molecule has 0 radical (unpaired) electrons. The molecule has 2 aromatic carbocycles. The molecule has 3 aromatic rings. The summed E-state index contributed by atoms with van der Waals surface area (Å²) in [6.07, 6.45) is 0. The van der Waals surface area contributed by atoms with Gasteiger partial charge >= 0.3 is 11.8 Å². The Balaban J connectivity index is 1.89. The maximum atomic E-state index is 14.2. The lowest BCUT2D eigenvalue weighted by Crippen LogP contribution is -2.38. The fourth-order valence-electron chi connectivity index (χ4n) is 3.52. The third-order valence-electron chi connectivity index (χ3n) is 5.16. The highest BCUT2D eigenvalue weighted by atomic mass is 35.5. The van der Waals surface area contributed by atoms with Gasteiger partial charge in [0.2, 0.25) is 0 Å². The van der Waals surface area contributed by atoms with Crippen LogP contribution in [0.1, 0.15) is 12.5 Å². The second kappa shape index (κ2) is 7.23. The second-order valence-corrected chi connectivity index (χ2v) is 9.78. The van der Waals surface area contributed by atoms with Crippen molar-refractivity contribution in [2.75, 3.05) is 18.0 Å². The molecule has 2 heterocycles. The van der Waals surface area contributed by atoms with Crippen LogP contribution >= 0.6 is 11.6 Å². The molecule has 0 saturated carbocycles. The van der Waals surface area contributed by atoms with Gasteiger partial charge in [-0.3, -0.25) is 0 Å². The number of benzene rings is 2. The zero-order valence-electron chi connectivity index (χ0n) is 16.5. The first-order valence-corrected chi connectivity index (χ1v) is 11.0. The molecule has 0 spiro atoms. The first kappa shape index (κ1) is 23.6. The first-order chi connectivity index (χ1) is 15.1. The Morgan fingerprint density at radius 2 is 1.67 bits per heavy atom. The molecule has 1 aromatic heterocycles. The van der Waals surface area contributed by atoms with E-state index in [0.717, 1.165) is 6.07 Å². The lowest BCUT2D eigenvalue weighted by atomic mass is 10.1. The van der Waals surface area contributed by atoms with Crippen molar-refractivity contribution >= 4 is 38.3 Å². The van der Waals surface area contributed by atoms with Crippen molar-refractivity contribution in [2.24, 2.45) is 0 Å². The Bertz CT molecular complexity index is 1350. The summed E-state index contributed by atoms with van der Waals surface area (Å²) < 4.78 is 123. The normalized spacial score (nSPS) is 18.3. The van der Waals surface area contributed by atoms with Gasteiger partial charge in [-0.25, -0.2) is 13.2 Å². The third-order valence-corrected chi connectivity index (χ3v) is 7.06. The van der Waals surface area contributed by atoms with E-state index in [0.29, 0.717) is 28.0 Å². The van der Waals surface area contributed by atoms with Gasteiger partial charge in [-0.05, 0) is 30.3 Å². The van der Waals surface area contributed by atoms with Crippen molar-refractivity contribution in [1.29, 1.82) is 0 Å². The number of hydrogen-bond donors (Lipinski definition) is 0. The molecule has 0 amide bonds. The molecule has 0 unspecified atom stereocenters. The van der Waals surface area contributed by atoms with Crippen LogP contribution in [0.25, 0.3) is 10.9 Å². The molecule has 1 fully saturated rings. The number of halogens is 8. The lowest BCUT2D eigenvalue weighted by Gasteiger charge is -2.14. The third kappa shape index (κ3) is 3.70. The number of alkyl halides is 6. The molecule has 1 aliphatic rings. The Hall–Kier alpha value is -2.54. The van der Waals surface area contributed by atoms with Crippen molar-refractivity contribution in [1.82, 2.24) is 9.19 Å². The maximum Gasteiger partial charge on any atom is 0.329 e. The summed E-state index contributed by atoms with van der Waals surface area (Å²) in [5.41, 5.74) is -1.31. The van der Waals surface area contributed by atoms with E-state index >= 15 is 0 Å². The van der Waals surface area contributed by atoms with E-state index in [9.17, 15) is 39.2 Å². The Morgan fingerprint density at radius 1 is 1.06 bits per heavy atom. The van der Waals surface area contributed by atoms with Gasteiger partial charge in [0, 0.05) is 6.92 Å². The van der Waals surface area contributed by atoms with Crippen LogP contribution < -0.4 is 4.90 Å². The maximum absolute atomic E-state index is 14.2. The highest BCUT2D eigenvalue weighted by Crippen LogP contribution is 2.45. The highest BCUT2D eigenvalue weighted by Gasteiger charge is 2.63. The van der Waals surface area contributed by atoms with Crippen LogP contribution in [0, 0.1) is 5.82 Å². The fraction of sp³-hybridized carbons (Fsp3) is 0.316. The van der Waals surface area contributed by atoms with Gasteiger partial charge in [-0.15, -0.1) is 5.10 Å². The number of anilines is 1. The molecule has 33 heavy (non-hydrogen) atoms. The van der Waals surface area contributed by atoms with E-state index in [1.807, 2.05) is 0 Å². The smallest absolute Gasteiger partial charge is 0.329 e. The average molecular weight is 516 g/mol. The summed E-state index contributed by atoms with van der Waals surface area (Å²) in [4.78, 5) is -0.275. The van der Waals surface area contributed by atoms with Gasteiger partial charge in [0.25, 0.3) is 15.9 Å².